The number of hydrogen-bond acceptors (Lipinski definition) is 5. The Kier molecular flexibility index (Phi) is 4.80. The van der Waals surface area contributed by atoms with Crippen LogP contribution in [0.2, 0.25) is 0 Å². The molecule has 1 N–H and O–H groups in total. The van der Waals surface area contributed by atoms with E-state index >= 15 is 0 Å². The van der Waals surface area contributed by atoms with Crippen LogP contribution < -0.4 is 5.32 Å². The highest BCUT2D eigenvalue weighted by molar-refractivity contribution is 8.01. The second kappa shape index (κ2) is 6.79. The first-order valence-electron chi connectivity index (χ1n) is 7.33. The van der Waals surface area contributed by atoms with Crippen LogP contribution in [0, 0.1) is 18.8 Å². The lowest BCUT2D eigenvalue weighted by Crippen LogP contribution is -2.39. The Balaban J connectivity index is 1.37. The molecule has 2 heterocycles. The first-order valence-corrected chi connectivity index (χ1v) is 9.13. The van der Waals surface area contributed by atoms with Crippen LogP contribution in [-0.2, 0) is 0 Å². The van der Waals surface area contributed by atoms with Gasteiger partial charge in [-0.1, -0.05) is 35.3 Å². The van der Waals surface area contributed by atoms with Crippen LogP contribution in [0.5, 0.6) is 0 Å². The number of carbonyl (C=O) groups is 1. The van der Waals surface area contributed by atoms with Crippen LogP contribution >= 0.6 is 23.1 Å². The van der Waals surface area contributed by atoms with E-state index in [2.05, 4.69) is 27.7 Å². The maximum atomic E-state index is 12.2. The van der Waals surface area contributed by atoms with E-state index in [1.165, 1.54) is 0 Å². The second-order valence-electron chi connectivity index (χ2n) is 5.54. The summed E-state index contributed by atoms with van der Waals surface area (Å²) in [6.07, 6.45) is 6.76. The van der Waals surface area contributed by atoms with E-state index in [-0.39, 0.29) is 6.03 Å². The fraction of sp³-hybridized carbons (Fsp3) is 0.643. The van der Waals surface area contributed by atoms with Gasteiger partial charge in [-0.05, 0) is 31.6 Å². The molecule has 21 heavy (non-hydrogen) atoms. The molecular weight excluding hydrogens is 304 g/mol. The highest BCUT2D eigenvalue weighted by atomic mass is 32.2. The third kappa shape index (κ3) is 3.77. The molecule has 1 aromatic rings. The molecule has 2 aliphatic rings. The maximum absolute atomic E-state index is 12.2. The van der Waals surface area contributed by atoms with Gasteiger partial charge in [0.1, 0.15) is 5.01 Å². The lowest BCUT2D eigenvalue weighted by Gasteiger charge is -2.17. The van der Waals surface area contributed by atoms with Gasteiger partial charge >= 0.3 is 6.03 Å². The summed E-state index contributed by atoms with van der Waals surface area (Å²) in [6.45, 7) is 4.44. The van der Waals surface area contributed by atoms with Crippen LogP contribution in [0.15, 0.2) is 16.5 Å². The lowest BCUT2D eigenvalue weighted by molar-refractivity contribution is 0.207. The summed E-state index contributed by atoms with van der Waals surface area (Å²) < 4.78 is 0.972. The number of urea groups is 1. The number of aryl methyl sites for hydroxylation is 1. The smallest absolute Gasteiger partial charge is 0.317 e. The molecule has 0 aromatic carbocycles. The minimum Gasteiger partial charge on any atom is -0.337 e. The SMILES string of the molecule is Cc1nnc(SCCNC(=O)N2CC3CC=CCC3C2)s1. The summed E-state index contributed by atoms with van der Waals surface area (Å²) in [5, 5.41) is 12.0. The normalized spacial score (nSPS) is 24.1. The molecule has 7 heteroatoms. The monoisotopic (exact) mass is 324 g/mol. The Labute approximate surface area is 133 Å². The maximum Gasteiger partial charge on any atom is 0.317 e. The Hall–Kier alpha value is -1.08. The van der Waals surface area contributed by atoms with E-state index in [1.807, 2.05) is 11.8 Å². The molecule has 1 saturated heterocycles. The van der Waals surface area contributed by atoms with Crippen LogP contribution in [0.3, 0.4) is 0 Å². The molecule has 114 valence electrons. The largest absolute Gasteiger partial charge is 0.337 e. The summed E-state index contributed by atoms with van der Waals surface area (Å²) in [7, 11) is 0. The van der Waals surface area contributed by atoms with Crippen molar-refractivity contribution < 1.29 is 4.79 Å². The molecule has 2 amide bonds. The molecule has 1 fully saturated rings. The van der Waals surface area contributed by atoms with Crippen molar-refractivity contribution in [1.29, 1.82) is 0 Å². The number of nitrogens with zero attached hydrogens (tertiary/aromatic N) is 3. The second-order valence-corrected chi connectivity index (χ2v) is 8.06. The highest BCUT2D eigenvalue weighted by Gasteiger charge is 2.34. The van der Waals surface area contributed by atoms with E-state index in [1.54, 1.807) is 23.1 Å². The fourth-order valence-electron chi connectivity index (χ4n) is 2.93. The standard InChI is InChI=1S/C14H20N4OS2/c1-10-16-17-14(21-10)20-7-6-15-13(19)18-8-11-4-2-3-5-12(11)9-18/h2-3,11-12H,4-9H2,1H3,(H,15,19). The molecule has 1 aliphatic heterocycles. The van der Waals surface area contributed by atoms with Gasteiger partial charge in [-0.3, -0.25) is 0 Å². The zero-order valence-electron chi connectivity index (χ0n) is 12.1. The van der Waals surface area contributed by atoms with E-state index in [4.69, 9.17) is 0 Å². The van der Waals surface area contributed by atoms with Gasteiger partial charge in [0.25, 0.3) is 0 Å². The van der Waals surface area contributed by atoms with Crippen molar-refractivity contribution in [1.82, 2.24) is 20.4 Å². The van der Waals surface area contributed by atoms with Crippen LogP contribution in [0.4, 0.5) is 4.79 Å². The van der Waals surface area contributed by atoms with Crippen molar-refractivity contribution >= 4 is 29.1 Å². The van der Waals surface area contributed by atoms with Crippen LogP contribution in [0.1, 0.15) is 17.8 Å². The first kappa shape index (κ1) is 14.8. The summed E-state index contributed by atoms with van der Waals surface area (Å²) >= 11 is 3.24. The Morgan fingerprint density at radius 3 is 2.71 bits per heavy atom. The molecule has 0 saturated carbocycles. The van der Waals surface area contributed by atoms with Gasteiger partial charge in [0.15, 0.2) is 4.34 Å². The van der Waals surface area contributed by atoms with E-state index < -0.39 is 0 Å². The van der Waals surface area contributed by atoms with E-state index in [0.717, 1.165) is 41.0 Å². The quantitative estimate of drug-likeness (QED) is 0.525. The molecule has 0 spiro atoms. The summed E-state index contributed by atoms with van der Waals surface area (Å²) in [4.78, 5) is 14.1. The molecular formula is C14H20N4OS2. The van der Waals surface area contributed by atoms with Crippen LogP contribution in [0.25, 0.3) is 0 Å². The van der Waals surface area contributed by atoms with Gasteiger partial charge in [0, 0.05) is 25.4 Å². The number of nitrogens with one attached hydrogen (secondary N) is 1. The van der Waals surface area contributed by atoms with Crippen molar-refractivity contribution in [2.24, 2.45) is 11.8 Å². The lowest BCUT2D eigenvalue weighted by atomic mass is 9.86. The number of fused-ring (bicyclic) bond motifs is 1. The Bertz CT molecular complexity index is 515. The predicted octanol–water partition coefficient (Wildman–Crippen LogP) is 2.55. The topological polar surface area (TPSA) is 58.1 Å². The van der Waals surface area contributed by atoms with Crippen LogP contribution in [-0.4, -0.2) is 46.5 Å². The van der Waals surface area contributed by atoms with Gasteiger partial charge in [-0.25, -0.2) is 4.79 Å². The number of rotatable bonds is 4. The van der Waals surface area contributed by atoms with Crippen molar-refractivity contribution in [2.45, 2.75) is 24.1 Å². The summed E-state index contributed by atoms with van der Waals surface area (Å²) in [5.74, 6) is 2.17. The molecule has 2 unspecified atom stereocenters. The summed E-state index contributed by atoms with van der Waals surface area (Å²) in [5.41, 5.74) is 0. The fourth-order valence-corrected chi connectivity index (χ4v) is 4.67. The molecule has 1 aromatic heterocycles. The number of aromatic nitrogens is 2. The molecule has 5 nitrogen and oxygen atoms in total. The number of allylic oxidation sites excluding steroid dienone is 2. The number of amides is 2. The van der Waals surface area contributed by atoms with E-state index in [0.29, 0.717) is 18.4 Å². The van der Waals surface area contributed by atoms with Crippen molar-refractivity contribution in [3.05, 3.63) is 17.2 Å². The minimum absolute atomic E-state index is 0.0819. The minimum atomic E-state index is 0.0819. The van der Waals surface area contributed by atoms with Crippen molar-refractivity contribution in [3.63, 3.8) is 0 Å². The molecule has 2 atom stereocenters. The Morgan fingerprint density at radius 2 is 2.10 bits per heavy atom. The molecule has 3 rings (SSSR count). The van der Waals surface area contributed by atoms with Crippen molar-refractivity contribution in [2.75, 3.05) is 25.4 Å². The van der Waals surface area contributed by atoms with Gasteiger partial charge in [0.05, 0.1) is 0 Å². The molecule has 1 aliphatic carbocycles. The molecule has 0 bridgehead atoms. The van der Waals surface area contributed by atoms with Gasteiger partial charge in [-0.2, -0.15) is 0 Å². The third-order valence-corrected chi connectivity index (χ3v) is 5.99. The number of hydrogen-bond donors (Lipinski definition) is 1. The predicted molar refractivity (Wildman–Crippen MR) is 85.7 cm³/mol. The molecule has 0 radical (unpaired) electrons. The van der Waals surface area contributed by atoms with E-state index in [9.17, 15) is 4.79 Å². The van der Waals surface area contributed by atoms with Gasteiger partial charge in [0.2, 0.25) is 0 Å². The third-order valence-electron chi connectivity index (χ3n) is 4.02. The zero-order valence-corrected chi connectivity index (χ0v) is 13.8. The number of thioether (sulfide) groups is 1. The zero-order chi connectivity index (χ0) is 14.7. The van der Waals surface area contributed by atoms with Gasteiger partial charge in [-0.15, -0.1) is 10.2 Å². The number of likely N-dealkylation sites (tertiary alicyclic amines) is 1. The average Bonchev–Trinajstić information content (AvgIpc) is 3.09. The summed E-state index contributed by atoms with van der Waals surface area (Å²) in [6, 6.07) is 0.0819. The number of carbonyl (C=O) groups excluding carboxylic acids is 1. The first-order chi connectivity index (χ1) is 10.2. The average molecular weight is 324 g/mol. The van der Waals surface area contributed by atoms with Crippen molar-refractivity contribution in [3.8, 4) is 0 Å². The van der Waals surface area contributed by atoms with Gasteiger partial charge < -0.3 is 10.2 Å². The Morgan fingerprint density at radius 1 is 1.38 bits per heavy atom. The highest BCUT2D eigenvalue weighted by Crippen LogP contribution is 2.32.